The molecule has 0 aliphatic heterocycles. The van der Waals surface area contributed by atoms with E-state index in [0.29, 0.717) is 22.4 Å². The van der Waals surface area contributed by atoms with Gasteiger partial charge in [0.2, 0.25) is 5.88 Å². The molecule has 0 radical (unpaired) electrons. The molecular formula is C12H10N6OS. The number of nitrogen functional groups attached to an aromatic ring is 1. The van der Waals surface area contributed by atoms with E-state index in [1.807, 2.05) is 5.38 Å². The largest absolute Gasteiger partial charge is 0.435 e. The molecule has 0 saturated heterocycles. The second-order valence-electron chi connectivity index (χ2n) is 3.69. The van der Waals surface area contributed by atoms with Gasteiger partial charge in [0.25, 0.3) is 0 Å². The Morgan fingerprint density at radius 3 is 2.90 bits per heavy atom. The lowest BCUT2D eigenvalue weighted by Gasteiger charge is -2.09. The van der Waals surface area contributed by atoms with Crippen LogP contribution in [0.2, 0.25) is 0 Å². The van der Waals surface area contributed by atoms with E-state index >= 15 is 0 Å². The van der Waals surface area contributed by atoms with E-state index < -0.39 is 0 Å². The van der Waals surface area contributed by atoms with Crippen molar-refractivity contribution < 1.29 is 4.74 Å². The molecule has 7 nitrogen and oxygen atoms in total. The number of thiazole rings is 1. The third-order valence-corrected chi connectivity index (χ3v) is 3.04. The van der Waals surface area contributed by atoms with Gasteiger partial charge in [-0.2, -0.15) is 4.98 Å². The van der Waals surface area contributed by atoms with Gasteiger partial charge in [-0.1, -0.05) is 0 Å². The molecule has 0 unspecified atom stereocenters. The van der Waals surface area contributed by atoms with E-state index in [2.05, 4.69) is 25.3 Å². The molecular weight excluding hydrogens is 276 g/mol. The zero-order chi connectivity index (χ0) is 13.8. The molecule has 8 heteroatoms. The molecule has 3 aromatic rings. The molecule has 0 saturated carbocycles. The highest BCUT2D eigenvalue weighted by atomic mass is 32.1. The van der Waals surface area contributed by atoms with E-state index in [0.717, 1.165) is 0 Å². The Morgan fingerprint density at radius 1 is 1.20 bits per heavy atom. The van der Waals surface area contributed by atoms with Gasteiger partial charge in [0.1, 0.15) is 17.8 Å². The molecule has 0 amide bonds. The molecule has 100 valence electrons. The van der Waals surface area contributed by atoms with Crippen LogP contribution in [0.25, 0.3) is 0 Å². The number of aromatic nitrogens is 4. The number of anilines is 3. The van der Waals surface area contributed by atoms with Gasteiger partial charge in [0, 0.05) is 17.8 Å². The van der Waals surface area contributed by atoms with E-state index in [4.69, 9.17) is 10.5 Å². The number of hydrogen-bond acceptors (Lipinski definition) is 8. The van der Waals surface area contributed by atoms with Crippen LogP contribution in [-0.4, -0.2) is 19.9 Å². The van der Waals surface area contributed by atoms with Gasteiger partial charge in [-0.3, -0.25) is 4.98 Å². The Morgan fingerprint density at radius 2 is 2.15 bits per heavy atom. The molecule has 3 N–H and O–H groups in total. The highest BCUT2D eigenvalue weighted by Gasteiger charge is 2.11. The first kappa shape index (κ1) is 12.3. The molecule has 0 aliphatic rings. The van der Waals surface area contributed by atoms with E-state index in [-0.39, 0.29) is 5.88 Å². The lowest BCUT2D eigenvalue weighted by molar-refractivity contribution is 0.462. The second kappa shape index (κ2) is 5.49. The quantitative estimate of drug-likeness (QED) is 0.759. The summed E-state index contributed by atoms with van der Waals surface area (Å²) in [5.41, 5.74) is 6.30. The van der Waals surface area contributed by atoms with Crippen LogP contribution < -0.4 is 15.8 Å². The maximum absolute atomic E-state index is 5.99. The third-order valence-electron chi connectivity index (χ3n) is 2.35. The number of nitrogens with zero attached hydrogens (tertiary/aromatic N) is 4. The number of rotatable bonds is 4. The smallest absolute Gasteiger partial charge is 0.248 e. The first-order valence-corrected chi connectivity index (χ1v) is 6.56. The second-order valence-corrected chi connectivity index (χ2v) is 4.59. The Balaban J connectivity index is 1.85. The van der Waals surface area contributed by atoms with Crippen molar-refractivity contribution in [2.75, 3.05) is 11.1 Å². The van der Waals surface area contributed by atoms with Crippen LogP contribution >= 0.6 is 11.3 Å². The minimum absolute atomic E-state index is 0.270. The van der Waals surface area contributed by atoms with Gasteiger partial charge < -0.3 is 15.8 Å². The molecule has 20 heavy (non-hydrogen) atoms. The normalized spacial score (nSPS) is 10.2. The van der Waals surface area contributed by atoms with Crippen LogP contribution in [-0.2, 0) is 0 Å². The fourth-order valence-corrected chi connectivity index (χ4v) is 1.99. The van der Waals surface area contributed by atoms with Crippen LogP contribution in [0.15, 0.2) is 42.4 Å². The Bertz CT molecular complexity index is 688. The number of hydrogen-bond donors (Lipinski definition) is 2. The van der Waals surface area contributed by atoms with Gasteiger partial charge >= 0.3 is 0 Å². The number of nitrogens with one attached hydrogen (secondary N) is 1. The molecule has 0 fully saturated rings. The van der Waals surface area contributed by atoms with Gasteiger partial charge in [-0.05, 0) is 12.1 Å². The van der Waals surface area contributed by atoms with E-state index in [1.165, 1.54) is 17.7 Å². The van der Waals surface area contributed by atoms with Crippen molar-refractivity contribution in [3.05, 3.63) is 42.4 Å². The van der Waals surface area contributed by atoms with Gasteiger partial charge in [-0.15, -0.1) is 11.3 Å². The van der Waals surface area contributed by atoms with Crippen LogP contribution in [0.4, 0.5) is 16.6 Å². The van der Waals surface area contributed by atoms with Crippen molar-refractivity contribution in [1.29, 1.82) is 0 Å². The molecule has 3 heterocycles. The standard InChI is InChI=1S/C12H10N6OS/c13-9-10(18-12-15-4-5-20-12)16-7-17-11(9)19-8-2-1-3-14-6-8/h1-7H,13H2,(H,15,16,17,18). The number of ether oxygens (including phenoxy) is 1. The molecule has 0 aliphatic carbocycles. The molecule has 0 atom stereocenters. The minimum Gasteiger partial charge on any atom is -0.435 e. The third kappa shape index (κ3) is 2.64. The summed E-state index contributed by atoms with van der Waals surface area (Å²) >= 11 is 1.45. The Labute approximate surface area is 118 Å². The summed E-state index contributed by atoms with van der Waals surface area (Å²) in [6.07, 6.45) is 6.30. The average molecular weight is 286 g/mol. The van der Waals surface area contributed by atoms with Crippen molar-refractivity contribution in [2.24, 2.45) is 0 Å². The zero-order valence-electron chi connectivity index (χ0n) is 10.2. The first-order valence-electron chi connectivity index (χ1n) is 5.68. The summed E-state index contributed by atoms with van der Waals surface area (Å²) in [7, 11) is 0. The van der Waals surface area contributed by atoms with Gasteiger partial charge in [-0.25, -0.2) is 9.97 Å². The topological polar surface area (TPSA) is 98.8 Å². The van der Waals surface area contributed by atoms with Gasteiger partial charge in [0.15, 0.2) is 10.9 Å². The van der Waals surface area contributed by atoms with Crippen LogP contribution in [0.1, 0.15) is 0 Å². The van der Waals surface area contributed by atoms with E-state index in [9.17, 15) is 0 Å². The Kier molecular flexibility index (Phi) is 3.38. The number of pyridine rings is 1. The van der Waals surface area contributed by atoms with Crippen LogP contribution in [0.3, 0.4) is 0 Å². The predicted molar refractivity (Wildman–Crippen MR) is 76.2 cm³/mol. The summed E-state index contributed by atoms with van der Waals surface area (Å²) < 4.78 is 5.57. The lowest BCUT2D eigenvalue weighted by Crippen LogP contribution is -2.02. The highest BCUT2D eigenvalue weighted by Crippen LogP contribution is 2.30. The molecule has 0 aromatic carbocycles. The average Bonchev–Trinajstić information content (AvgIpc) is 2.97. The maximum atomic E-state index is 5.99. The zero-order valence-corrected chi connectivity index (χ0v) is 11.0. The summed E-state index contributed by atoms with van der Waals surface area (Å²) in [4.78, 5) is 16.2. The molecule has 3 aromatic heterocycles. The maximum Gasteiger partial charge on any atom is 0.248 e. The van der Waals surface area contributed by atoms with Gasteiger partial charge in [0.05, 0.1) is 6.20 Å². The van der Waals surface area contributed by atoms with Crippen LogP contribution in [0, 0.1) is 0 Å². The van der Waals surface area contributed by atoms with Crippen molar-refractivity contribution >= 4 is 28.0 Å². The van der Waals surface area contributed by atoms with Crippen molar-refractivity contribution in [2.45, 2.75) is 0 Å². The van der Waals surface area contributed by atoms with Crippen molar-refractivity contribution in [3.63, 3.8) is 0 Å². The molecule has 0 bridgehead atoms. The summed E-state index contributed by atoms with van der Waals surface area (Å²) in [6.45, 7) is 0. The lowest BCUT2D eigenvalue weighted by atomic mass is 10.4. The highest BCUT2D eigenvalue weighted by molar-refractivity contribution is 7.13. The SMILES string of the molecule is Nc1c(Nc2nccs2)ncnc1Oc1cccnc1. The Hall–Kier alpha value is -2.74. The minimum atomic E-state index is 0.270. The molecule has 3 rings (SSSR count). The van der Waals surface area contributed by atoms with Crippen LogP contribution in [0.5, 0.6) is 11.6 Å². The fourth-order valence-electron chi connectivity index (χ4n) is 1.47. The predicted octanol–water partition coefficient (Wildman–Crippen LogP) is 2.45. The van der Waals surface area contributed by atoms with Crippen molar-refractivity contribution in [1.82, 2.24) is 19.9 Å². The summed E-state index contributed by atoms with van der Waals surface area (Å²) in [5.74, 6) is 1.28. The van der Waals surface area contributed by atoms with E-state index in [1.54, 1.807) is 30.7 Å². The summed E-state index contributed by atoms with van der Waals surface area (Å²) in [6, 6.07) is 3.53. The summed E-state index contributed by atoms with van der Waals surface area (Å²) in [5, 5.41) is 5.56. The van der Waals surface area contributed by atoms with Crippen molar-refractivity contribution in [3.8, 4) is 11.6 Å². The number of nitrogens with two attached hydrogens (primary N) is 1. The first-order chi connectivity index (χ1) is 9.83. The monoisotopic (exact) mass is 286 g/mol. The molecule has 0 spiro atoms. The fraction of sp³-hybridized carbons (Fsp3) is 0.